The Hall–Kier alpha value is -2.10. The summed E-state index contributed by atoms with van der Waals surface area (Å²) in [7, 11) is 0. The van der Waals surface area contributed by atoms with E-state index >= 15 is 0 Å². The number of carbonyl (C=O) groups is 1. The molecule has 0 unspecified atom stereocenters. The normalized spacial score (nSPS) is 10.3. The number of benzene rings is 1. The van der Waals surface area contributed by atoms with Gasteiger partial charge in [0.15, 0.2) is 0 Å². The van der Waals surface area contributed by atoms with Gasteiger partial charge in [0.25, 0.3) is 0 Å². The zero-order valence-corrected chi connectivity index (χ0v) is 10.7. The van der Waals surface area contributed by atoms with E-state index in [0.717, 1.165) is 23.5 Å². The molecule has 0 fully saturated rings. The van der Waals surface area contributed by atoms with Gasteiger partial charge in [-0.25, -0.2) is 0 Å². The molecule has 2 aromatic rings. The topological polar surface area (TPSA) is 57.8 Å². The molecule has 1 aromatic heterocycles. The summed E-state index contributed by atoms with van der Waals surface area (Å²) in [4.78, 5) is 11.8. The molecular weight excluding hydrogens is 226 g/mol. The summed E-state index contributed by atoms with van der Waals surface area (Å²) < 4.78 is 0. The lowest BCUT2D eigenvalue weighted by Gasteiger charge is -2.04. The van der Waals surface area contributed by atoms with Crippen LogP contribution >= 0.6 is 0 Å². The molecule has 1 heterocycles. The van der Waals surface area contributed by atoms with Gasteiger partial charge in [0.05, 0.1) is 12.1 Å². The summed E-state index contributed by atoms with van der Waals surface area (Å²) in [6.07, 6.45) is 1.29. The zero-order chi connectivity index (χ0) is 13.0. The third-order valence-electron chi connectivity index (χ3n) is 2.75. The van der Waals surface area contributed by atoms with E-state index in [1.165, 1.54) is 5.56 Å². The molecule has 4 nitrogen and oxygen atoms in total. The van der Waals surface area contributed by atoms with Crippen LogP contribution < -0.4 is 5.32 Å². The third-order valence-corrected chi connectivity index (χ3v) is 2.75. The number of aromatic nitrogens is 2. The van der Waals surface area contributed by atoms with Crippen LogP contribution in [0.15, 0.2) is 30.3 Å². The highest BCUT2D eigenvalue weighted by Gasteiger charge is 2.06. The largest absolute Gasteiger partial charge is 0.326 e. The van der Waals surface area contributed by atoms with Crippen LogP contribution in [0, 0.1) is 6.92 Å². The lowest BCUT2D eigenvalue weighted by atomic mass is 10.1. The van der Waals surface area contributed by atoms with Gasteiger partial charge in [0, 0.05) is 11.4 Å². The van der Waals surface area contributed by atoms with Crippen molar-refractivity contribution in [3.05, 3.63) is 47.3 Å². The van der Waals surface area contributed by atoms with Gasteiger partial charge >= 0.3 is 0 Å². The summed E-state index contributed by atoms with van der Waals surface area (Å²) in [5, 5.41) is 9.72. The van der Waals surface area contributed by atoms with Crippen molar-refractivity contribution in [2.45, 2.75) is 26.7 Å². The molecule has 18 heavy (non-hydrogen) atoms. The minimum Gasteiger partial charge on any atom is -0.326 e. The number of carbonyl (C=O) groups excluding carboxylic acids is 1. The van der Waals surface area contributed by atoms with Crippen molar-refractivity contribution >= 4 is 11.6 Å². The van der Waals surface area contributed by atoms with Crippen molar-refractivity contribution in [3.8, 4) is 0 Å². The van der Waals surface area contributed by atoms with E-state index < -0.39 is 0 Å². The Bertz CT molecular complexity index is 528. The highest BCUT2D eigenvalue weighted by atomic mass is 16.1. The second-order valence-electron chi connectivity index (χ2n) is 4.32. The predicted octanol–water partition coefficient (Wildman–Crippen LogP) is 2.46. The SMILES string of the molecule is CCc1ccc(NC(=O)Cc2cc(C)[nH]n2)cc1. The van der Waals surface area contributed by atoms with Gasteiger partial charge in [0.1, 0.15) is 0 Å². The van der Waals surface area contributed by atoms with Crippen LogP contribution in [0.5, 0.6) is 0 Å². The van der Waals surface area contributed by atoms with Crippen LogP contribution in [0.3, 0.4) is 0 Å². The molecule has 2 N–H and O–H groups in total. The number of nitrogens with one attached hydrogen (secondary N) is 2. The first kappa shape index (κ1) is 12.4. The van der Waals surface area contributed by atoms with E-state index in [4.69, 9.17) is 0 Å². The summed E-state index contributed by atoms with van der Waals surface area (Å²) in [6.45, 7) is 4.02. The molecule has 0 aliphatic heterocycles. The maximum atomic E-state index is 11.8. The monoisotopic (exact) mass is 243 g/mol. The highest BCUT2D eigenvalue weighted by molar-refractivity contribution is 5.92. The first-order valence-electron chi connectivity index (χ1n) is 6.07. The molecule has 0 saturated carbocycles. The number of anilines is 1. The fourth-order valence-electron chi connectivity index (χ4n) is 1.76. The van der Waals surface area contributed by atoms with Crippen LogP contribution in [0.2, 0.25) is 0 Å². The summed E-state index contributed by atoms with van der Waals surface area (Å²) in [5.74, 6) is -0.0502. The lowest BCUT2D eigenvalue weighted by molar-refractivity contribution is -0.115. The average molecular weight is 243 g/mol. The van der Waals surface area contributed by atoms with Crippen molar-refractivity contribution < 1.29 is 4.79 Å². The van der Waals surface area contributed by atoms with Gasteiger partial charge in [-0.1, -0.05) is 19.1 Å². The smallest absolute Gasteiger partial charge is 0.230 e. The van der Waals surface area contributed by atoms with Gasteiger partial charge in [0.2, 0.25) is 5.91 Å². The Morgan fingerprint density at radius 2 is 2.06 bits per heavy atom. The van der Waals surface area contributed by atoms with E-state index in [0.29, 0.717) is 6.42 Å². The van der Waals surface area contributed by atoms with Crippen molar-refractivity contribution in [2.24, 2.45) is 0 Å². The number of amides is 1. The molecule has 0 aliphatic rings. The van der Waals surface area contributed by atoms with E-state index in [2.05, 4.69) is 22.4 Å². The van der Waals surface area contributed by atoms with E-state index in [-0.39, 0.29) is 5.91 Å². The Labute approximate surface area is 106 Å². The molecule has 0 spiro atoms. The van der Waals surface area contributed by atoms with Crippen molar-refractivity contribution in [2.75, 3.05) is 5.32 Å². The first-order valence-corrected chi connectivity index (χ1v) is 6.07. The van der Waals surface area contributed by atoms with Crippen LogP contribution in [0.4, 0.5) is 5.69 Å². The minimum atomic E-state index is -0.0502. The number of nitrogens with zero attached hydrogens (tertiary/aromatic N) is 1. The van der Waals surface area contributed by atoms with Gasteiger partial charge < -0.3 is 5.32 Å². The predicted molar refractivity (Wildman–Crippen MR) is 71.5 cm³/mol. The molecule has 1 aromatic carbocycles. The molecule has 4 heteroatoms. The highest BCUT2D eigenvalue weighted by Crippen LogP contribution is 2.10. The van der Waals surface area contributed by atoms with Gasteiger partial charge in [-0.15, -0.1) is 0 Å². The summed E-state index contributed by atoms with van der Waals surface area (Å²) >= 11 is 0. The average Bonchev–Trinajstić information content (AvgIpc) is 2.75. The molecule has 94 valence electrons. The van der Waals surface area contributed by atoms with E-state index in [1.54, 1.807) is 0 Å². The Balaban J connectivity index is 1.94. The molecule has 0 radical (unpaired) electrons. The standard InChI is InChI=1S/C14H17N3O/c1-3-11-4-6-12(7-5-11)15-14(18)9-13-8-10(2)16-17-13/h4-8H,3,9H2,1-2H3,(H,15,18)(H,16,17). The maximum absolute atomic E-state index is 11.8. The van der Waals surface area contributed by atoms with Crippen LogP contribution in [-0.4, -0.2) is 16.1 Å². The van der Waals surface area contributed by atoms with Crippen LogP contribution in [-0.2, 0) is 17.6 Å². The number of hydrogen-bond donors (Lipinski definition) is 2. The lowest BCUT2D eigenvalue weighted by Crippen LogP contribution is -2.14. The van der Waals surface area contributed by atoms with Crippen LogP contribution in [0.1, 0.15) is 23.9 Å². The van der Waals surface area contributed by atoms with Gasteiger partial charge in [-0.05, 0) is 37.1 Å². The summed E-state index contributed by atoms with van der Waals surface area (Å²) in [6, 6.07) is 9.77. The number of H-pyrrole nitrogens is 1. The van der Waals surface area contributed by atoms with E-state index in [9.17, 15) is 4.79 Å². The maximum Gasteiger partial charge on any atom is 0.230 e. The zero-order valence-electron chi connectivity index (χ0n) is 10.7. The molecule has 0 atom stereocenters. The molecular formula is C14H17N3O. The molecule has 1 amide bonds. The van der Waals surface area contributed by atoms with Crippen molar-refractivity contribution in [1.82, 2.24) is 10.2 Å². The minimum absolute atomic E-state index is 0.0502. The van der Waals surface area contributed by atoms with Gasteiger partial charge in [-0.3, -0.25) is 9.89 Å². The van der Waals surface area contributed by atoms with Crippen LogP contribution in [0.25, 0.3) is 0 Å². The number of rotatable bonds is 4. The number of aromatic amines is 1. The second kappa shape index (κ2) is 5.49. The molecule has 0 aliphatic carbocycles. The number of hydrogen-bond acceptors (Lipinski definition) is 2. The molecule has 0 bridgehead atoms. The molecule has 2 rings (SSSR count). The first-order chi connectivity index (χ1) is 8.67. The quantitative estimate of drug-likeness (QED) is 0.866. The fourth-order valence-corrected chi connectivity index (χ4v) is 1.76. The Morgan fingerprint density at radius 3 is 2.61 bits per heavy atom. The Kier molecular flexibility index (Phi) is 3.77. The van der Waals surface area contributed by atoms with Crippen molar-refractivity contribution in [1.29, 1.82) is 0 Å². The van der Waals surface area contributed by atoms with E-state index in [1.807, 2.05) is 37.3 Å². The second-order valence-corrected chi connectivity index (χ2v) is 4.32. The van der Waals surface area contributed by atoms with Gasteiger partial charge in [-0.2, -0.15) is 5.10 Å². The summed E-state index contributed by atoms with van der Waals surface area (Å²) in [5.41, 5.74) is 3.81. The molecule has 0 saturated heterocycles. The number of aryl methyl sites for hydroxylation is 2. The fraction of sp³-hybridized carbons (Fsp3) is 0.286. The Morgan fingerprint density at radius 1 is 1.33 bits per heavy atom. The third kappa shape index (κ3) is 3.20. The van der Waals surface area contributed by atoms with Crippen molar-refractivity contribution in [3.63, 3.8) is 0 Å².